The van der Waals surface area contributed by atoms with E-state index in [1.807, 2.05) is 12.1 Å². The molecule has 1 aromatic heterocycles. The lowest BCUT2D eigenvalue weighted by molar-refractivity contribution is -0.388. The average molecular weight is 385 g/mol. The van der Waals surface area contributed by atoms with Gasteiger partial charge < -0.3 is 24.9 Å². The van der Waals surface area contributed by atoms with Gasteiger partial charge in [-0.05, 0) is 34.0 Å². The number of nitrogens with zero attached hydrogens (tertiary/aromatic N) is 3. The number of aromatic nitrogens is 2. The van der Waals surface area contributed by atoms with E-state index in [1.54, 1.807) is 25.8 Å². The van der Waals surface area contributed by atoms with Crippen molar-refractivity contribution in [3.05, 3.63) is 38.6 Å². The van der Waals surface area contributed by atoms with E-state index in [4.69, 9.17) is 9.47 Å². The van der Waals surface area contributed by atoms with Gasteiger partial charge in [-0.25, -0.2) is 0 Å². The molecule has 9 heteroatoms. The second-order valence-corrected chi connectivity index (χ2v) is 5.61. The molecule has 1 aromatic carbocycles. The summed E-state index contributed by atoms with van der Waals surface area (Å²) in [7, 11) is 4.86. The lowest BCUT2D eigenvalue weighted by atomic mass is 10.1. The topological polar surface area (TPSA) is 91.5 Å². The SMILES string of the molecule is COc1cc(Br)c(CCNc2c([N+](=O)[O-])ncn2C)cc1OC. The van der Waals surface area contributed by atoms with Crippen LogP contribution in [0.4, 0.5) is 11.6 Å². The van der Waals surface area contributed by atoms with Gasteiger partial charge in [0, 0.05) is 18.1 Å². The van der Waals surface area contributed by atoms with Crippen LogP contribution in [0, 0.1) is 10.1 Å². The lowest BCUT2D eigenvalue weighted by Gasteiger charge is -2.12. The molecule has 0 saturated carbocycles. The molecule has 0 amide bonds. The molecule has 23 heavy (non-hydrogen) atoms. The van der Waals surface area contributed by atoms with Gasteiger partial charge in [0.15, 0.2) is 11.5 Å². The van der Waals surface area contributed by atoms with Gasteiger partial charge in [-0.2, -0.15) is 0 Å². The van der Waals surface area contributed by atoms with Crippen LogP contribution in [0.3, 0.4) is 0 Å². The molecule has 124 valence electrons. The summed E-state index contributed by atoms with van der Waals surface area (Å²) < 4.78 is 13.0. The first-order valence-electron chi connectivity index (χ1n) is 6.78. The quantitative estimate of drug-likeness (QED) is 0.582. The highest BCUT2D eigenvalue weighted by Crippen LogP contribution is 2.33. The van der Waals surface area contributed by atoms with Crippen molar-refractivity contribution < 1.29 is 14.4 Å². The Morgan fingerprint density at radius 1 is 1.35 bits per heavy atom. The second kappa shape index (κ2) is 7.32. The predicted octanol–water partition coefficient (Wildman–Crippen LogP) is 2.76. The molecule has 2 rings (SSSR count). The number of benzene rings is 1. The highest BCUT2D eigenvalue weighted by molar-refractivity contribution is 9.10. The van der Waals surface area contributed by atoms with Crippen LogP contribution in [-0.4, -0.2) is 35.2 Å². The fourth-order valence-corrected chi connectivity index (χ4v) is 2.68. The van der Waals surface area contributed by atoms with Gasteiger partial charge in [-0.15, -0.1) is 0 Å². The number of nitrogens with one attached hydrogen (secondary N) is 1. The number of ether oxygens (including phenoxy) is 2. The Morgan fingerprint density at radius 2 is 2.00 bits per heavy atom. The molecule has 0 aliphatic rings. The minimum absolute atomic E-state index is 0.182. The van der Waals surface area contributed by atoms with Crippen LogP contribution in [0.5, 0.6) is 11.5 Å². The van der Waals surface area contributed by atoms with Gasteiger partial charge in [0.25, 0.3) is 0 Å². The van der Waals surface area contributed by atoms with Crippen LogP contribution >= 0.6 is 15.9 Å². The molecule has 8 nitrogen and oxygen atoms in total. The minimum Gasteiger partial charge on any atom is -0.493 e. The fraction of sp³-hybridized carbons (Fsp3) is 0.357. The van der Waals surface area contributed by atoms with Gasteiger partial charge >= 0.3 is 5.82 Å². The normalized spacial score (nSPS) is 10.4. The molecular formula is C14H17BrN4O4. The number of imidazole rings is 1. The molecule has 1 N–H and O–H groups in total. The van der Waals surface area contributed by atoms with Crippen LogP contribution in [0.1, 0.15) is 5.56 Å². The summed E-state index contributed by atoms with van der Waals surface area (Å²) in [6.45, 7) is 0.508. The van der Waals surface area contributed by atoms with Crippen molar-refractivity contribution in [3.8, 4) is 11.5 Å². The average Bonchev–Trinajstić information content (AvgIpc) is 2.89. The Kier molecular flexibility index (Phi) is 5.43. The predicted molar refractivity (Wildman–Crippen MR) is 89.3 cm³/mol. The Hall–Kier alpha value is -2.29. The van der Waals surface area contributed by atoms with Gasteiger partial charge in [-0.1, -0.05) is 15.9 Å². The molecular weight excluding hydrogens is 368 g/mol. The maximum absolute atomic E-state index is 10.9. The molecule has 0 bridgehead atoms. The van der Waals surface area contributed by atoms with Crippen molar-refractivity contribution in [1.29, 1.82) is 0 Å². The first kappa shape index (κ1) is 17.1. The molecule has 1 heterocycles. The largest absolute Gasteiger partial charge is 0.493 e. The van der Waals surface area contributed by atoms with E-state index in [0.717, 1.165) is 10.0 Å². The molecule has 0 saturated heterocycles. The van der Waals surface area contributed by atoms with E-state index in [2.05, 4.69) is 26.2 Å². The van der Waals surface area contributed by atoms with Crippen LogP contribution in [0.2, 0.25) is 0 Å². The van der Waals surface area contributed by atoms with E-state index in [0.29, 0.717) is 30.3 Å². The van der Waals surface area contributed by atoms with Crippen LogP contribution in [-0.2, 0) is 13.5 Å². The van der Waals surface area contributed by atoms with E-state index in [9.17, 15) is 10.1 Å². The molecule has 0 aliphatic carbocycles. The van der Waals surface area contributed by atoms with E-state index >= 15 is 0 Å². The molecule has 0 aliphatic heterocycles. The Bertz CT molecular complexity index is 717. The highest BCUT2D eigenvalue weighted by Gasteiger charge is 2.19. The summed E-state index contributed by atoms with van der Waals surface area (Å²) in [4.78, 5) is 14.2. The smallest absolute Gasteiger partial charge is 0.406 e. The number of halogens is 1. The number of hydrogen-bond donors (Lipinski definition) is 1. The molecule has 0 unspecified atom stereocenters. The third-order valence-electron chi connectivity index (χ3n) is 3.33. The zero-order valence-electron chi connectivity index (χ0n) is 13.0. The standard InChI is InChI=1S/C14H17BrN4O4/c1-18-8-17-14(19(20)21)13(18)16-5-4-9-6-11(22-2)12(23-3)7-10(9)15/h6-8,16H,4-5H2,1-3H3. The number of methoxy groups -OCH3 is 2. The fourth-order valence-electron chi connectivity index (χ4n) is 2.16. The molecule has 0 atom stereocenters. The number of rotatable bonds is 7. The third kappa shape index (κ3) is 3.73. The molecule has 0 radical (unpaired) electrons. The van der Waals surface area contributed by atoms with E-state index < -0.39 is 4.92 Å². The van der Waals surface area contributed by atoms with Gasteiger partial charge in [0.2, 0.25) is 12.1 Å². The van der Waals surface area contributed by atoms with Crippen LogP contribution in [0.15, 0.2) is 22.9 Å². The van der Waals surface area contributed by atoms with Crippen molar-refractivity contribution >= 4 is 27.6 Å². The van der Waals surface area contributed by atoms with Crippen molar-refractivity contribution in [2.45, 2.75) is 6.42 Å². The maximum atomic E-state index is 10.9. The maximum Gasteiger partial charge on any atom is 0.406 e. The van der Waals surface area contributed by atoms with Crippen molar-refractivity contribution in [2.24, 2.45) is 7.05 Å². The van der Waals surface area contributed by atoms with E-state index in [1.165, 1.54) is 6.33 Å². The Labute approximate surface area is 141 Å². The molecule has 0 spiro atoms. The number of hydrogen-bond acceptors (Lipinski definition) is 6. The van der Waals surface area contributed by atoms with Crippen molar-refractivity contribution in [3.63, 3.8) is 0 Å². The molecule has 2 aromatic rings. The minimum atomic E-state index is -0.505. The van der Waals surface area contributed by atoms with Crippen molar-refractivity contribution in [1.82, 2.24) is 9.55 Å². The van der Waals surface area contributed by atoms with E-state index in [-0.39, 0.29) is 5.82 Å². The third-order valence-corrected chi connectivity index (χ3v) is 4.07. The van der Waals surface area contributed by atoms with Crippen molar-refractivity contribution in [2.75, 3.05) is 26.1 Å². The summed E-state index contributed by atoms with van der Waals surface area (Å²) in [6.07, 6.45) is 2.05. The first-order valence-corrected chi connectivity index (χ1v) is 7.57. The summed E-state index contributed by atoms with van der Waals surface area (Å²) in [6, 6.07) is 3.71. The summed E-state index contributed by atoms with van der Waals surface area (Å²) in [5.74, 6) is 1.47. The Morgan fingerprint density at radius 3 is 2.61 bits per heavy atom. The number of anilines is 1. The zero-order valence-corrected chi connectivity index (χ0v) is 14.6. The number of aryl methyl sites for hydroxylation is 1. The zero-order chi connectivity index (χ0) is 17.0. The van der Waals surface area contributed by atoms with Crippen LogP contribution < -0.4 is 14.8 Å². The summed E-state index contributed by atoms with van der Waals surface area (Å²) in [5, 5.41) is 14.0. The summed E-state index contributed by atoms with van der Waals surface area (Å²) in [5.41, 5.74) is 1.000. The first-order chi connectivity index (χ1) is 11.0. The van der Waals surface area contributed by atoms with Crippen LogP contribution in [0.25, 0.3) is 0 Å². The van der Waals surface area contributed by atoms with Gasteiger partial charge in [0.1, 0.15) is 0 Å². The Balaban J connectivity index is 2.10. The summed E-state index contributed by atoms with van der Waals surface area (Å²) >= 11 is 3.49. The van der Waals surface area contributed by atoms with Gasteiger partial charge in [0.05, 0.1) is 14.2 Å². The monoisotopic (exact) mass is 384 g/mol. The number of nitro groups is 1. The molecule has 0 fully saturated rings. The van der Waals surface area contributed by atoms with Gasteiger partial charge in [-0.3, -0.25) is 4.57 Å². The second-order valence-electron chi connectivity index (χ2n) is 4.76. The lowest BCUT2D eigenvalue weighted by Crippen LogP contribution is -2.10. The highest BCUT2D eigenvalue weighted by atomic mass is 79.9.